The summed E-state index contributed by atoms with van der Waals surface area (Å²) in [5.74, 6) is 1.35. The molecule has 0 bridgehead atoms. The van der Waals surface area contributed by atoms with Crippen LogP contribution in [0.1, 0.15) is 15.9 Å². The number of halogens is 1. The van der Waals surface area contributed by atoms with Gasteiger partial charge in [0.25, 0.3) is 5.91 Å². The van der Waals surface area contributed by atoms with Crippen molar-refractivity contribution in [3.05, 3.63) is 64.7 Å². The molecular weight excluding hydrogens is 364 g/mol. The molecule has 3 N–H and O–H groups in total. The number of carbonyl (C=O) groups excluding carboxylic acids is 1. The van der Waals surface area contributed by atoms with Gasteiger partial charge in [0.05, 0.1) is 17.7 Å². The second-order valence-electron chi connectivity index (χ2n) is 5.76. The third-order valence-corrected chi connectivity index (χ3v) is 4.24. The summed E-state index contributed by atoms with van der Waals surface area (Å²) < 4.78 is 5.15. The zero-order valence-electron chi connectivity index (χ0n) is 15.6. The van der Waals surface area contributed by atoms with Crippen LogP contribution in [0.2, 0.25) is 5.02 Å². The predicted octanol–water partition coefficient (Wildman–Crippen LogP) is 2.49. The van der Waals surface area contributed by atoms with Gasteiger partial charge < -0.3 is 20.7 Å². The van der Waals surface area contributed by atoms with Crippen molar-refractivity contribution in [2.75, 3.05) is 33.8 Å². The molecule has 144 valence electrons. The van der Waals surface area contributed by atoms with Crippen LogP contribution in [0.15, 0.2) is 53.5 Å². The van der Waals surface area contributed by atoms with Crippen molar-refractivity contribution in [3.8, 4) is 5.75 Å². The molecule has 0 aliphatic rings. The number of methoxy groups -OCH3 is 1. The number of hydrogen-bond donors (Lipinski definition) is 3. The number of carbonyl (C=O) groups is 1. The van der Waals surface area contributed by atoms with Gasteiger partial charge in [-0.1, -0.05) is 35.9 Å². The quantitative estimate of drug-likeness (QED) is 0.369. The first-order valence-electron chi connectivity index (χ1n) is 8.74. The molecule has 0 aliphatic heterocycles. The Morgan fingerprint density at radius 2 is 1.67 bits per heavy atom. The van der Waals surface area contributed by atoms with Gasteiger partial charge in [0, 0.05) is 26.7 Å². The number of amides is 1. The topological polar surface area (TPSA) is 74.8 Å². The van der Waals surface area contributed by atoms with Crippen molar-refractivity contribution in [2.24, 2.45) is 4.99 Å². The summed E-state index contributed by atoms with van der Waals surface area (Å²) in [6.45, 7) is 1.76. The van der Waals surface area contributed by atoms with E-state index in [1.54, 1.807) is 38.4 Å². The van der Waals surface area contributed by atoms with Crippen LogP contribution in [0.3, 0.4) is 0 Å². The minimum absolute atomic E-state index is 0.190. The summed E-state index contributed by atoms with van der Waals surface area (Å²) in [6, 6.07) is 15.0. The largest absolute Gasteiger partial charge is 0.497 e. The second kappa shape index (κ2) is 11.1. The second-order valence-corrected chi connectivity index (χ2v) is 6.17. The normalized spacial score (nSPS) is 11.0. The third kappa shape index (κ3) is 6.83. The highest BCUT2D eigenvalue weighted by Gasteiger charge is 2.08. The Morgan fingerprint density at radius 1 is 1.00 bits per heavy atom. The lowest BCUT2D eigenvalue weighted by Gasteiger charge is -2.13. The lowest BCUT2D eigenvalue weighted by Crippen LogP contribution is -2.42. The predicted molar refractivity (Wildman–Crippen MR) is 110 cm³/mol. The van der Waals surface area contributed by atoms with E-state index in [0.29, 0.717) is 29.6 Å². The number of rotatable bonds is 8. The molecule has 0 saturated heterocycles. The maximum atomic E-state index is 12.1. The minimum atomic E-state index is -0.190. The van der Waals surface area contributed by atoms with Gasteiger partial charge in [0.15, 0.2) is 5.96 Å². The summed E-state index contributed by atoms with van der Waals surface area (Å²) >= 11 is 6.02. The van der Waals surface area contributed by atoms with E-state index in [4.69, 9.17) is 16.3 Å². The summed E-state index contributed by atoms with van der Waals surface area (Å²) in [7, 11) is 3.37. The maximum absolute atomic E-state index is 12.1. The number of nitrogens with one attached hydrogen (secondary N) is 3. The van der Waals surface area contributed by atoms with Crippen molar-refractivity contribution in [2.45, 2.75) is 6.42 Å². The number of nitrogens with zero attached hydrogens (tertiary/aromatic N) is 1. The molecule has 27 heavy (non-hydrogen) atoms. The van der Waals surface area contributed by atoms with Gasteiger partial charge in [-0.25, -0.2) is 0 Å². The van der Waals surface area contributed by atoms with Crippen molar-refractivity contribution < 1.29 is 9.53 Å². The molecular formula is C20H25ClN4O2. The Morgan fingerprint density at radius 3 is 2.33 bits per heavy atom. The molecule has 6 nitrogen and oxygen atoms in total. The molecule has 0 saturated carbocycles. The molecule has 2 aromatic rings. The smallest absolute Gasteiger partial charge is 0.252 e. The van der Waals surface area contributed by atoms with Crippen molar-refractivity contribution >= 4 is 23.5 Å². The van der Waals surface area contributed by atoms with E-state index >= 15 is 0 Å². The van der Waals surface area contributed by atoms with Gasteiger partial charge in [0.2, 0.25) is 0 Å². The Kier molecular flexibility index (Phi) is 8.45. The molecule has 0 aliphatic carbocycles. The minimum Gasteiger partial charge on any atom is -0.497 e. The third-order valence-electron chi connectivity index (χ3n) is 3.91. The van der Waals surface area contributed by atoms with Gasteiger partial charge in [-0.15, -0.1) is 0 Å². The van der Waals surface area contributed by atoms with Gasteiger partial charge >= 0.3 is 0 Å². The first kappa shape index (κ1) is 20.6. The van der Waals surface area contributed by atoms with Crippen LogP contribution in [0.25, 0.3) is 0 Å². The van der Waals surface area contributed by atoms with Gasteiger partial charge in [0.1, 0.15) is 5.75 Å². The fraction of sp³-hybridized carbons (Fsp3) is 0.300. The Labute approximate surface area is 165 Å². The SMILES string of the molecule is CN=C(NCCNC(=O)c1ccccc1Cl)NCCc1ccc(OC)cc1. The fourth-order valence-electron chi connectivity index (χ4n) is 2.44. The van der Waals surface area contributed by atoms with Crippen LogP contribution in [0, 0.1) is 0 Å². The summed E-state index contributed by atoms with van der Waals surface area (Å²) in [4.78, 5) is 16.3. The first-order valence-corrected chi connectivity index (χ1v) is 9.12. The van der Waals surface area contributed by atoms with Crippen LogP contribution in [0.5, 0.6) is 5.75 Å². The molecule has 0 heterocycles. The molecule has 1 amide bonds. The first-order chi connectivity index (χ1) is 13.1. The molecule has 0 aromatic heterocycles. The van der Waals surface area contributed by atoms with Crippen LogP contribution in [-0.4, -0.2) is 45.7 Å². The number of hydrogen-bond acceptors (Lipinski definition) is 3. The molecule has 0 spiro atoms. The zero-order chi connectivity index (χ0) is 19.5. The summed E-state index contributed by atoms with van der Waals surface area (Å²) in [5.41, 5.74) is 1.69. The van der Waals surface area contributed by atoms with Gasteiger partial charge in [-0.2, -0.15) is 0 Å². The van der Waals surface area contributed by atoms with E-state index in [1.165, 1.54) is 5.56 Å². The highest BCUT2D eigenvalue weighted by molar-refractivity contribution is 6.33. The van der Waals surface area contributed by atoms with Crippen LogP contribution in [-0.2, 0) is 6.42 Å². The van der Waals surface area contributed by atoms with E-state index in [9.17, 15) is 4.79 Å². The van der Waals surface area contributed by atoms with Gasteiger partial charge in [-0.3, -0.25) is 9.79 Å². The molecule has 7 heteroatoms. The van der Waals surface area contributed by atoms with Crippen LogP contribution >= 0.6 is 11.6 Å². The average Bonchev–Trinajstić information content (AvgIpc) is 2.70. The Bertz CT molecular complexity index is 763. The summed E-state index contributed by atoms with van der Waals surface area (Å²) in [6.07, 6.45) is 0.869. The molecule has 0 unspecified atom stereocenters. The Hall–Kier alpha value is -2.73. The van der Waals surface area contributed by atoms with E-state index in [0.717, 1.165) is 18.7 Å². The monoisotopic (exact) mass is 388 g/mol. The van der Waals surface area contributed by atoms with Crippen molar-refractivity contribution in [1.29, 1.82) is 0 Å². The molecule has 0 radical (unpaired) electrons. The molecule has 0 atom stereocenters. The fourth-order valence-corrected chi connectivity index (χ4v) is 2.66. The maximum Gasteiger partial charge on any atom is 0.252 e. The lowest BCUT2D eigenvalue weighted by molar-refractivity contribution is 0.0954. The van der Waals surface area contributed by atoms with Crippen LogP contribution in [0.4, 0.5) is 0 Å². The average molecular weight is 389 g/mol. The zero-order valence-corrected chi connectivity index (χ0v) is 16.3. The number of guanidine groups is 1. The van der Waals surface area contributed by atoms with Crippen LogP contribution < -0.4 is 20.7 Å². The highest BCUT2D eigenvalue weighted by Crippen LogP contribution is 2.14. The molecule has 0 fully saturated rings. The van der Waals surface area contributed by atoms with Gasteiger partial charge in [-0.05, 0) is 36.2 Å². The highest BCUT2D eigenvalue weighted by atomic mass is 35.5. The lowest BCUT2D eigenvalue weighted by atomic mass is 10.1. The standard InChI is InChI=1S/C20H25ClN4O2/c1-22-20(24-12-11-15-7-9-16(27-2)10-8-15)25-14-13-23-19(26)17-5-3-4-6-18(17)21/h3-10H,11-14H2,1-2H3,(H,23,26)(H2,22,24,25). The molecule has 2 rings (SSSR count). The summed E-state index contributed by atoms with van der Waals surface area (Å²) in [5, 5.41) is 9.69. The number of benzene rings is 2. The Balaban J connectivity index is 1.66. The van der Waals surface area contributed by atoms with Crippen molar-refractivity contribution in [3.63, 3.8) is 0 Å². The van der Waals surface area contributed by atoms with E-state index in [-0.39, 0.29) is 5.91 Å². The number of aliphatic imine (C=N–C) groups is 1. The van der Waals surface area contributed by atoms with Crippen molar-refractivity contribution in [1.82, 2.24) is 16.0 Å². The number of ether oxygens (including phenoxy) is 1. The van der Waals surface area contributed by atoms with E-state index < -0.39 is 0 Å². The van der Waals surface area contributed by atoms with E-state index in [2.05, 4.69) is 20.9 Å². The van der Waals surface area contributed by atoms with E-state index in [1.807, 2.05) is 24.3 Å². The molecule has 2 aromatic carbocycles.